The summed E-state index contributed by atoms with van der Waals surface area (Å²) in [4.78, 5) is 12.5. The van der Waals surface area contributed by atoms with Gasteiger partial charge >= 0.3 is 5.97 Å². The van der Waals surface area contributed by atoms with Gasteiger partial charge in [-0.15, -0.1) is 0 Å². The summed E-state index contributed by atoms with van der Waals surface area (Å²) in [5.41, 5.74) is 10.2. The molecule has 1 atom stereocenters. The van der Waals surface area contributed by atoms with Gasteiger partial charge < -0.3 is 20.6 Å². The maximum Gasteiger partial charge on any atom is 0.328 e. The third-order valence-electron chi connectivity index (χ3n) is 4.13. The van der Waals surface area contributed by atoms with Crippen LogP contribution >= 0.6 is 0 Å². The number of esters is 1. The first kappa shape index (κ1) is 21.6. The Bertz CT molecular complexity index is 373. The minimum atomic E-state index is -1.98. The fraction of sp³-hybridized carbons (Fsp3) is 0.938. The summed E-state index contributed by atoms with van der Waals surface area (Å²) in [5.74, 6) is -0.410. The number of carbonyl (C=O) groups excluding carboxylic acids is 1. The van der Waals surface area contributed by atoms with E-state index >= 15 is 0 Å². The molecule has 0 saturated heterocycles. The Balaban J connectivity index is 5.08. The molecule has 132 valence electrons. The summed E-state index contributed by atoms with van der Waals surface area (Å²) in [5, 5.41) is 0.0652. The zero-order chi connectivity index (χ0) is 17.8. The number of hydrogen-bond acceptors (Lipinski definition) is 5. The molecule has 0 aromatic rings. The van der Waals surface area contributed by atoms with Gasteiger partial charge in [0.2, 0.25) is 0 Å². The second-order valence-electron chi connectivity index (χ2n) is 8.60. The Kier molecular flexibility index (Phi) is 7.28. The number of carbonyl (C=O) groups is 1. The molecule has 6 heteroatoms. The molecule has 0 saturated carbocycles. The first-order valence-corrected chi connectivity index (χ1v) is 10.9. The van der Waals surface area contributed by atoms with Gasteiger partial charge in [-0.05, 0) is 58.3 Å². The Morgan fingerprint density at radius 2 is 1.59 bits per heavy atom. The highest BCUT2D eigenvalue weighted by Crippen LogP contribution is 2.37. The summed E-state index contributed by atoms with van der Waals surface area (Å²) >= 11 is 0. The fourth-order valence-electron chi connectivity index (χ4n) is 1.56. The van der Waals surface area contributed by atoms with Crippen LogP contribution in [0, 0.1) is 0 Å². The number of hydrogen-bond donors (Lipinski definition) is 2. The van der Waals surface area contributed by atoms with E-state index in [4.69, 9.17) is 20.6 Å². The van der Waals surface area contributed by atoms with E-state index in [1.807, 2.05) is 20.8 Å². The van der Waals surface area contributed by atoms with E-state index in [2.05, 4.69) is 33.9 Å². The van der Waals surface area contributed by atoms with Gasteiger partial charge in [0.05, 0.1) is 6.61 Å². The predicted molar refractivity (Wildman–Crippen MR) is 94.2 cm³/mol. The molecule has 0 aromatic heterocycles. The monoisotopic (exact) mass is 332 g/mol. The highest BCUT2D eigenvalue weighted by atomic mass is 28.4. The molecule has 0 unspecified atom stereocenters. The Morgan fingerprint density at radius 3 is 1.95 bits per heavy atom. The van der Waals surface area contributed by atoms with E-state index in [1.54, 1.807) is 0 Å². The second-order valence-corrected chi connectivity index (χ2v) is 13.4. The zero-order valence-corrected chi connectivity index (χ0v) is 16.7. The molecule has 0 radical (unpaired) electrons. The molecule has 0 bridgehead atoms. The van der Waals surface area contributed by atoms with Crippen molar-refractivity contribution in [2.45, 2.75) is 83.7 Å². The van der Waals surface area contributed by atoms with Crippen LogP contribution in [-0.2, 0) is 14.0 Å². The van der Waals surface area contributed by atoms with E-state index in [-0.39, 0.29) is 11.6 Å². The fourth-order valence-corrected chi connectivity index (χ4v) is 2.61. The van der Waals surface area contributed by atoms with Gasteiger partial charge in [-0.2, -0.15) is 0 Å². The van der Waals surface area contributed by atoms with Crippen molar-refractivity contribution in [1.82, 2.24) is 0 Å². The molecule has 0 fully saturated rings. The summed E-state index contributed by atoms with van der Waals surface area (Å²) in [6, 6.07) is 0. The molecular weight excluding hydrogens is 296 g/mol. The van der Waals surface area contributed by atoms with Crippen molar-refractivity contribution in [3.63, 3.8) is 0 Å². The number of rotatable bonds is 7. The molecule has 0 aliphatic heterocycles. The van der Waals surface area contributed by atoms with Crippen molar-refractivity contribution < 1.29 is 14.0 Å². The van der Waals surface area contributed by atoms with Crippen LogP contribution in [0.5, 0.6) is 0 Å². The van der Waals surface area contributed by atoms with Crippen molar-refractivity contribution in [3.05, 3.63) is 0 Å². The van der Waals surface area contributed by atoms with Crippen molar-refractivity contribution in [2.75, 3.05) is 13.2 Å². The second kappa shape index (κ2) is 7.42. The van der Waals surface area contributed by atoms with Gasteiger partial charge in [-0.1, -0.05) is 20.8 Å². The van der Waals surface area contributed by atoms with E-state index in [0.717, 1.165) is 0 Å². The molecule has 5 nitrogen and oxygen atoms in total. The maximum absolute atomic E-state index is 12.5. The smallest absolute Gasteiger partial charge is 0.328 e. The summed E-state index contributed by atoms with van der Waals surface area (Å²) in [6.07, 6.45) is 1.13. The van der Waals surface area contributed by atoms with Gasteiger partial charge in [-0.25, -0.2) is 4.79 Å². The molecule has 0 heterocycles. The molecule has 0 rings (SSSR count). The third-order valence-corrected chi connectivity index (χ3v) is 8.61. The standard InChI is InChI=1S/C16H36N2O3Si/c1-14(2,3)21-13(19)16(18,10-9-11-17)12-20-22(7,8)15(4,5)6/h9-12,17-18H2,1-8H3/t16-/m0/s1. The van der Waals surface area contributed by atoms with E-state index in [9.17, 15) is 4.79 Å². The Hall–Kier alpha value is -0.433. The molecule has 0 aromatic carbocycles. The lowest BCUT2D eigenvalue weighted by molar-refractivity contribution is -0.163. The highest BCUT2D eigenvalue weighted by molar-refractivity contribution is 6.74. The highest BCUT2D eigenvalue weighted by Gasteiger charge is 2.43. The van der Waals surface area contributed by atoms with Crippen LogP contribution < -0.4 is 11.5 Å². The van der Waals surface area contributed by atoms with Crippen molar-refractivity contribution in [3.8, 4) is 0 Å². The number of ether oxygens (including phenoxy) is 1. The average Bonchev–Trinajstić information content (AvgIpc) is 2.30. The van der Waals surface area contributed by atoms with Crippen LogP contribution in [0.1, 0.15) is 54.4 Å². The topological polar surface area (TPSA) is 87.6 Å². The summed E-state index contributed by atoms with van der Waals surface area (Å²) in [7, 11) is -1.98. The van der Waals surface area contributed by atoms with Gasteiger partial charge in [0.25, 0.3) is 0 Å². The Morgan fingerprint density at radius 1 is 1.09 bits per heavy atom. The summed E-state index contributed by atoms with van der Waals surface area (Å²) in [6.45, 7) is 16.9. The number of nitrogens with two attached hydrogens (primary N) is 2. The van der Waals surface area contributed by atoms with E-state index < -0.39 is 25.4 Å². The third kappa shape index (κ3) is 6.77. The van der Waals surface area contributed by atoms with Crippen LogP contribution in [0.25, 0.3) is 0 Å². The Labute approximate surface area is 137 Å². The molecule has 0 aliphatic carbocycles. The van der Waals surface area contributed by atoms with Crippen molar-refractivity contribution in [2.24, 2.45) is 11.5 Å². The van der Waals surface area contributed by atoms with Gasteiger partial charge in [0.1, 0.15) is 11.1 Å². The van der Waals surface area contributed by atoms with Crippen molar-refractivity contribution >= 4 is 14.3 Å². The summed E-state index contributed by atoms with van der Waals surface area (Å²) < 4.78 is 11.6. The SMILES string of the molecule is CC(C)(C)OC(=O)[C@](N)(CCCN)CO[Si](C)(C)C(C)(C)C. The molecule has 4 N–H and O–H groups in total. The molecule has 0 aliphatic rings. The molecule has 0 amide bonds. The lowest BCUT2D eigenvalue weighted by Crippen LogP contribution is -2.57. The average molecular weight is 333 g/mol. The molecular formula is C16H36N2O3Si. The quantitative estimate of drug-likeness (QED) is 0.553. The first-order valence-electron chi connectivity index (χ1n) is 8.01. The van der Waals surface area contributed by atoms with Gasteiger partial charge in [-0.3, -0.25) is 0 Å². The normalized spacial score (nSPS) is 16.3. The minimum absolute atomic E-state index is 0.0652. The van der Waals surface area contributed by atoms with Crippen molar-refractivity contribution in [1.29, 1.82) is 0 Å². The molecule has 22 heavy (non-hydrogen) atoms. The minimum Gasteiger partial charge on any atom is -0.459 e. The zero-order valence-electron chi connectivity index (χ0n) is 15.7. The largest absolute Gasteiger partial charge is 0.459 e. The predicted octanol–water partition coefficient (Wildman–Crippen LogP) is 2.79. The lowest BCUT2D eigenvalue weighted by Gasteiger charge is -2.39. The van der Waals surface area contributed by atoms with Crippen LogP contribution in [-0.4, -0.2) is 38.6 Å². The van der Waals surface area contributed by atoms with Crippen LogP contribution in [0.4, 0.5) is 0 Å². The first-order chi connectivity index (χ1) is 9.65. The lowest BCUT2D eigenvalue weighted by atomic mass is 9.95. The van der Waals surface area contributed by atoms with E-state index in [0.29, 0.717) is 19.4 Å². The maximum atomic E-state index is 12.5. The molecule has 0 spiro atoms. The van der Waals surface area contributed by atoms with Crippen LogP contribution in [0.2, 0.25) is 18.1 Å². The van der Waals surface area contributed by atoms with E-state index in [1.165, 1.54) is 0 Å². The van der Waals surface area contributed by atoms with Crippen LogP contribution in [0.15, 0.2) is 0 Å². The van der Waals surface area contributed by atoms with Crippen LogP contribution in [0.3, 0.4) is 0 Å². The van der Waals surface area contributed by atoms with Gasteiger partial charge in [0.15, 0.2) is 8.32 Å². The van der Waals surface area contributed by atoms with Gasteiger partial charge in [0, 0.05) is 0 Å².